The molecule has 1 aliphatic heterocycles. The Kier molecular flexibility index (Phi) is 6.67. The molecule has 0 aromatic heterocycles. The SMILES string of the molecule is CCCC(NCC(=O)NC1CCOCC1)C(=O)O. The minimum absolute atomic E-state index is 0.0499. The molecule has 0 aliphatic carbocycles. The van der Waals surface area contributed by atoms with Crippen molar-refractivity contribution in [2.24, 2.45) is 0 Å². The number of carbonyl (C=O) groups is 2. The fourth-order valence-corrected chi connectivity index (χ4v) is 1.94. The van der Waals surface area contributed by atoms with E-state index in [1.54, 1.807) is 0 Å². The first-order chi connectivity index (χ1) is 8.63. The van der Waals surface area contributed by atoms with Crippen LogP contribution in [0.4, 0.5) is 0 Å². The third kappa shape index (κ3) is 5.46. The van der Waals surface area contributed by atoms with Gasteiger partial charge in [0.2, 0.25) is 5.91 Å². The van der Waals surface area contributed by atoms with E-state index in [1.807, 2.05) is 6.92 Å². The van der Waals surface area contributed by atoms with Crippen LogP contribution in [0, 0.1) is 0 Å². The smallest absolute Gasteiger partial charge is 0.320 e. The number of rotatable bonds is 7. The topological polar surface area (TPSA) is 87.7 Å². The van der Waals surface area contributed by atoms with Crippen LogP contribution in [-0.4, -0.2) is 48.8 Å². The molecule has 0 spiro atoms. The molecule has 1 fully saturated rings. The van der Waals surface area contributed by atoms with Crippen LogP contribution in [0.2, 0.25) is 0 Å². The maximum Gasteiger partial charge on any atom is 0.320 e. The van der Waals surface area contributed by atoms with Crippen molar-refractivity contribution in [3.05, 3.63) is 0 Å². The summed E-state index contributed by atoms with van der Waals surface area (Å²) in [7, 11) is 0. The normalized spacial score (nSPS) is 18.3. The number of aliphatic carboxylic acids is 1. The molecule has 18 heavy (non-hydrogen) atoms. The van der Waals surface area contributed by atoms with Crippen LogP contribution in [0.3, 0.4) is 0 Å². The van der Waals surface area contributed by atoms with Crippen LogP contribution in [0.1, 0.15) is 32.6 Å². The zero-order valence-corrected chi connectivity index (χ0v) is 10.8. The van der Waals surface area contributed by atoms with Gasteiger partial charge in [-0.25, -0.2) is 0 Å². The summed E-state index contributed by atoms with van der Waals surface area (Å²) in [4.78, 5) is 22.5. The third-order valence-electron chi connectivity index (χ3n) is 2.97. The van der Waals surface area contributed by atoms with E-state index < -0.39 is 12.0 Å². The van der Waals surface area contributed by atoms with E-state index in [9.17, 15) is 9.59 Å². The molecule has 1 unspecified atom stereocenters. The molecule has 104 valence electrons. The highest BCUT2D eigenvalue weighted by atomic mass is 16.5. The lowest BCUT2D eigenvalue weighted by atomic mass is 10.1. The van der Waals surface area contributed by atoms with Crippen LogP contribution >= 0.6 is 0 Å². The van der Waals surface area contributed by atoms with Gasteiger partial charge in [-0.3, -0.25) is 14.9 Å². The van der Waals surface area contributed by atoms with Crippen LogP contribution in [0.5, 0.6) is 0 Å². The maximum absolute atomic E-state index is 11.6. The maximum atomic E-state index is 11.6. The van der Waals surface area contributed by atoms with Crippen molar-refractivity contribution in [3.8, 4) is 0 Å². The summed E-state index contributed by atoms with van der Waals surface area (Å²) < 4.78 is 5.20. The fourth-order valence-electron chi connectivity index (χ4n) is 1.94. The van der Waals surface area contributed by atoms with Gasteiger partial charge in [0.25, 0.3) is 0 Å². The molecule has 6 heteroatoms. The number of hydrogen-bond acceptors (Lipinski definition) is 4. The molecular weight excluding hydrogens is 236 g/mol. The van der Waals surface area contributed by atoms with Crippen LogP contribution in [0.15, 0.2) is 0 Å². The Labute approximate surface area is 107 Å². The molecule has 1 amide bonds. The van der Waals surface area contributed by atoms with Gasteiger partial charge in [0.1, 0.15) is 6.04 Å². The van der Waals surface area contributed by atoms with E-state index in [0.29, 0.717) is 19.6 Å². The minimum Gasteiger partial charge on any atom is -0.480 e. The first kappa shape index (κ1) is 14.9. The quantitative estimate of drug-likeness (QED) is 0.604. The Morgan fingerprint density at radius 2 is 2.06 bits per heavy atom. The first-order valence-corrected chi connectivity index (χ1v) is 6.46. The average Bonchev–Trinajstić information content (AvgIpc) is 2.35. The number of hydrogen-bond donors (Lipinski definition) is 3. The van der Waals surface area contributed by atoms with E-state index in [-0.39, 0.29) is 18.5 Å². The predicted molar refractivity (Wildman–Crippen MR) is 66.3 cm³/mol. The van der Waals surface area contributed by atoms with Crippen molar-refractivity contribution >= 4 is 11.9 Å². The highest BCUT2D eigenvalue weighted by Crippen LogP contribution is 2.05. The van der Waals surface area contributed by atoms with Crippen LogP contribution < -0.4 is 10.6 Å². The largest absolute Gasteiger partial charge is 0.480 e. The van der Waals surface area contributed by atoms with Gasteiger partial charge in [0.05, 0.1) is 6.54 Å². The van der Waals surface area contributed by atoms with Crippen LogP contribution in [-0.2, 0) is 14.3 Å². The van der Waals surface area contributed by atoms with Gasteiger partial charge in [-0.1, -0.05) is 13.3 Å². The molecule has 1 atom stereocenters. The van der Waals surface area contributed by atoms with E-state index in [0.717, 1.165) is 19.3 Å². The Bertz CT molecular complexity index is 277. The van der Waals surface area contributed by atoms with Gasteiger partial charge < -0.3 is 15.2 Å². The first-order valence-electron chi connectivity index (χ1n) is 6.46. The number of ether oxygens (including phenoxy) is 1. The predicted octanol–water partition coefficient (Wildman–Crippen LogP) is 0.125. The molecule has 6 nitrogen and oxygen atoms in total. The summed E-state index contributed by atoms with van der Waals surface area (Å²) in [6.07, 6.45) is 2.94. The highest BCUT2D eigenvalue weighted by molar-refractivity contribution is 5.80. The Morgan fingerprint density at radius 1 is 1.39 bits per heavy atom. The lowest BCUT2D eigenvalue weighted by Gasteiger charge is -2.23. The molecule has 0 aromatic carbocycles. The fraction of sp³-hybridized carbons (Fsp3) is 0.833. The van der Waals surface area contributed by atoms with Gasteiger partial charge in [-0.2, -0.15) is 0 Å². The molecule has 3 N–H and O–H groups in total. The molecule has 0 bridgehead atoms. The number of amides is 1. The molecule has 0 aromatic rings. The van der Waals surface area contributed by atoms with Crippen molar-refractivity contribution in [2.75, 3.05) is 19.8 Å². The summed E-state index contributed by atoms with van der Waals surface area (Å²) in [5.41, 5.74) is 0. The molecule has 0 radical (unpaired) electrons. The Hall–Kier alpha value is -1.14. The van der Waals surface area contributed by atoms with E-state index >= 15 is 0 Å². The number of carbonyl (C=O) groups excluding carboxylic acids is 1. The van der Waals surface area contributed by atoms with Crippen molar-refractivity contribution in [2.45, 2.75) is 44.7 Å². The Morgan fingerprint density at radius 3 is 2.61 bits per heavy atom. The summed E-state index contributed by atoms with van der Waals surface area (Å²) in [6.45, 7) is 3.31. The van der Waals surface area contributed by atoms with Crippen molar-refractivity contribution < 1.29 is 19.4 Å². The molecular formula is C12H22N2O4. The molecule has 1 aliphatic rings. The van der Waals surface area contributed by atoms with Crippen molar-refractivity contribution in [3.63, 3.8) is 0 Å². The van der Waals surface area contributed by atoms with E-state index in [1.165, 1.54) is 0 Å². The summed E-state index contributed by atoms with van der Waals surface area (Å²) in [6, 6.07) is -0.488. The van der Waals surface area contributed by atoms with Gasteiger partial charge in [0, 0.05) is 19.3 Å². The van der Waals surface area contributed by atoms with Gasteiger partial charge >= 0.3 is 5.97 Å². The zero-order valence-electron chi connectivity index (χ0n) is 10.8. The van der Waals surface area contributed by atoms with E-state index in [2.05, 4.69) is 10.6 Å². The lowest BCUT2D eigenvalue weighted by Crippen LogP contribution is -2.46. The zero-order chi connectivity index (χ0) is 13.4. The molecule has 1 heterocycles. The second kappa shape index (κ2) is 8.05. The van der Waals surface area contributed by atoms with Gasteiger partial charge in [0.15, 0.2) is 0 Å². The molecule has 0 saturated carbocycles. The average molecular weight is 258 g/mol. The Balaban J connectivity index is 2.24. The summed E-state index contributed by atoms with van der Waals surface area (Å²) >= 11 is 0. The van der Waals surface area contributed by atoms with Gasteiger partial charge in [-0.05, 0) is 19.3 Å². The minimum atomic E-state index is -0.907. The summed E-state index contributed by atoms with van der Waals surface area (Å²) in [5, 5.41) is 14.6. The highest BCUT2D eigenvalue weighted by Gasteiger charge is 2.19. The second-order valence-corrected chi connectivity index (χ2v) is 4.51. The lowest BCUT2D eigenvalue weighted by molar-refractivity contribution is -0.139. The molecule has 1 saturated heterocycles. The summed E-state index contributed by atoms with van der Waals surface area (Å²) in [5.74, 6) is -1.06. The van der Waals surface area contributed by atoms with E-state index in [4.69, 9.17) is 9.84 Å². The van der Waals surface area contributed by atoms with Crippen molar-refractivity contribution in [1.29, 1.82) is 0 Å². The van der Waals surface area contributed by atoms with Gasteiger partial charge in [-0.15, -0.1) is 0 Å². The standard InChI is InChI=1S/C12H22N2O4/c1-2-3-10(12(16)17)13-8-11(15)14-9-4-6-18-7-5-9/h9-10,13H,2-8H2,1H3,(H,14,15)(H,16,17). The molecule has 1 rings (SSSR count). The number of nitrogens with one attached hydrogen (secondary N) is 2. The number of carboxylic acids is 1. The third-order valence-corrected chi connectivity index (χ3v) is 2.97. The second-order valence-electron chi connectivity index (χ2n) is 4.51. The number of carboxylic acid groups (broad SMARTS) is 1. The van der Waals surface area contributed by atoms with Crippen LogP contribution in [0.25, 0.3) is 0 Å². The van der Waals surface area contributed by atoms with Crippen molar-refractivity contribution in [1.82, 2.24) is 10.6 Å². The monoisotopic (exact) mass is 258 g/mol.